The molecule has 1 heterocycles. The largest absolute Gasteiger partial charge is 0.220 e. The van der Waals surface area contributed by atoms with E-state index in [1.165, 1.54) is 77.8 Å². The first-order valence-corrected chi connectivity index (χ1v) is 15.2. The van der Waals surface area contributed by atoms with Gasteiger partial charge in [0.2, 0.25) is 5.69 Å². The summed E-state index contributed by atoms with van der Waals surface area (Å²) < 4.78 is 2.33. The molecule has 0 saturated heterocycles. The predicted molar refractivity (Wildman–Crippen MR) is 138 cm³/mol. The van der Waals surface area contributed by atoms with Crippen molar-refractivity contribution in [1.29, 1.82) is 0 Å². The van der Waals surface area contributed by atoms with Crippen LogP contribution in [-0.4, -0.2) is 8.07 Å². The van der Waals surface area contributed by atoms with Crippen molar-refractivity contribution < 1.29 is 4.57 Å². The number of aryl methyl sites for hydroxylation is 2. The zero-order valence-corrected chi connectivity index (χ0v) is 21.3. The molecule has 164 valence electrons. The molecule has 0 N–H and O–H groups in total. The lowest BCUT2D eigenvalue weighted by Gasteiger charge is -2.29. The van der Waals surface area contributed by atoms with Gasteiger partial charge in [-0.25, -0.2) is 4.57 Å². The number of fused-ring (bicyclic) bond motifs is 1. The van der Waals surface area contributed by atoms with Crippen molar-refractivity contribution in [2.75, 3.05) is 0 Å². The lowest BCUT2D eigenvalue weighted by molar-refractivity contribution is -0.659. The maximum atomic E-state index is 2.53. The first kappa shape index (κ1) is 22.3. The number of rotatable bonds is 6. The van der Waals surface area contributed by atoms with Gasteiger partial charge in [-0.3, -0.25) is 0 Å². The molecule has 0 atom stereocenters. The van der Waals surface area contributed by atoms with Crippen LogP contribution in [0.25, 0.3) is 22.0 Å². The summed E-state index contributed by atoms with van der Waals surface area (Å²) in [6.45, 7) is 9.48. The molecule has 1 nitrogen and oxygen atoms in total. The maximum Gasteiger partial charge on any atom is 0.220 e. The zero-order valence-electron chi connectivity index (χ0n) is 20.3. The molecule has 1 fully saturated rings. The summed E-state index contributed by atoms with van der Waals surface area (Å²) in [6.07, 6.45) is 9.15. The number of pyridine rings is 1. The average molecular weight is 431 g/mol. The molecule has 3 aromatic rings. The molecule has 2 aromatic carbocycles. The third kappa shape index (κ3) is 4.12. The Morgan fingerprint density at radius 1 is 0.871 bits per heavy atom. The smallest absolute Gasteiger partial charge is 0.200 e. The first-order chi connectivity index (χ1) is 15.0. The van der Waals surface area contributed by atoms with Crippen molar-refractivity contribution in [3.05, 3.63) is 59.8 Å². The summed E-state index contributed by atoms with van der Waals surface area (Å²) in [4.78, 5) is 0. The third-order valence-corrected chi connectivity index (χ3v) is 14.0. The van der Waals surface area contributed by atoms with Crippen molar-refractivity contribution in [3.8, 4) is 11.3 Å². The van der Waals surface area contributed by atoms with E-state index >= 15 is 0 Å². The van der Waals surface area contributed by atoms with Gasteiger partial charge in [0, 0.05) is 11.6 Å². The van der Waals surface area contributed by atoms with Crippen molar-refractivity contribution >= 4 is 24.0 Å². The van der Waals surface area contributed by atoms with Crippen LogP contribution in [0.15, 0.2) is 48.7 Å². The highest BCUT2D eigenvalue weighted by Crippen LogP contribution is 2.36. The summed E-state index contributed by atoms with van der Waals surface area (Å²) >= 11 is 0. The van der Waals surface area contributed by atoms with E-state index < -0.39 is 8.07 Å². The molecule has 0 bridgehead atoms. The minimum Gasteiger partial charge on any atom is -0.200 e. The second-order valence-electron chi connectivity index (χ2n) is 9.83. The standard InChI is InChI=1S/C29H40NSi/c1-6-31(7-2,8-3)26-16-17-27-25(20-26)18-19-30(5)29(27)28-21-24(15-14-22(28)4)23-12-10-9-11-13-23/h14-21,23H,6-13H2,1-5H3/q+1. The lowest BCUT2D eigenvalue weighted by atomic mass is 9.82. The van der Waals surface area contributed by atoms with Crippen molar-refractivity contribution in [2.24, 2.45) is 7.05 Å². The molecular formula is C29H40NSi+. The summed E-state index contributed by atoms with van der Waals surface area (Å²) in [6, 6.07) is 21.0. The van der Waals surface area contributed by atoms with E-state index in [1.54, 1.807) is 10.8 Å². The molecule has 0 unspecified atom stereocenters. The van der Waals surface area contributed by atoms with E-state index in [0.29, 0.717) is 0 Å². The molecule has 1 aromatic heterocycles. The van der Waals surface area contributed by atoms with E-state index in [4.69, 9.17) is 0 Å². The fourth-order valence-corrected chi connectivity index (χ4v) is 9.61. The minimum absolute atomic E-state index is 0.741. The van der Waals surface area contributed by atoms with Crippen molar-refractivity contribution in [2.45, 2.75) is 83.8 Å². The number of nitrogens with zero attached hydrogens (tertiary/aromatic N) is 1. The highest BCUT2D eigenvalue weighted by atomic mass is 28.3. The molecule has 0 amide bonds. The van der Waals surface area contributed by atoms with E-state index in [0.717, 1.165) is 5.92 Å². The van der Waals surface area contributed by atoms with Crippen molar-refractivity contribution in [1.82, 2.24) is 0 Å². The Morgan fingerprint density at radius 3 is 2.26 bits per heavy atom. The molecule has 2 heteroatoms. The van der Waals surface area contributed by atoms with Gasteiger partial charge in [0.05, 0.1) is 13.5 Å². The van der Waals surface area contributed by atoms with Gasteiger partial charge < -0.3 is 0 Å². The van der Waals surface area contributed by atoms with E-state index in [-0.39, 0.29) is 0 Å². The van der Waals surface area contributed by atoms with E-state index in [1.807, 2.05) is 0 Å². The maximum absolute atomic E-state index is 2.53. The summed E-state index contributed by atoms with van der Waals surface area (Å²) in [5.74, 6) is 0.741. The average Bonchev–Trinajstić information content (AvgIpc) is 2.82. The van der Waals surface area contributed by atoms with Crippen LogP contribution in [0.1, 0.15) is 69.9 Å². The zero-order chi connectivity index (χ0) is 22.0. The third-order valence-electron chi connectivity index (χ3n) is 8.37. The fraction of sp³-hybridized carbons (Fsp3) is 0.483. The van der Waals surface area contributed by atoms with Crippen LogP contribution in [0.2, 0.25) is 18.1 Å². The minimum atomic E-state index is -1.37. The number of benzene rings is 2. The quantitative estimate of drug-likeness (QED) is 0.283. The lowest BCUT2D eigenvalue weighted by Crippen LogP contribution is -2.45. The monoisotopic (exact) mass is 430 g/mol. The van der Waals surface area contributed by atoms with Crippen LogP contribution in [0.3, 0.4) is 0 Å². The van der Waals surface area contributed by atoms with Gasteiger partial charge in [-0.15, -0.1) is 0 Å². The SMILES string of the molecule is CC[Si](CC)(CC)c1ccc2c(-c3cc(C4CCCCC4)ccc3C)[n+](C)ccc2c1. The number of hydrogen-bond donors (Lipinski definition) is 0. The van der Waals surface area contributed by atoms with Crippen molar-refractivity contribution in [3.63, 3.8) is 0 Å². The molecule has 31 heavy (non-hydrogen) atoms. The molecule has 1 aliphatic rings. The van der Waals surface area contributed by atoms with Crippen LogP contribution < -0.4 is 9.75 Å². The van der Waals surface area contributed by atoms with Gasteiger partial charge in [-0.2, -0.15) is 0 Å². The van der Waals surface area contributed by atoms with Gasteiger partial charge in [-0.05, 0) is 54.3 Å². The summed E-state index contributed by atoms with van der Waals surface area (Å²) in [5, 5.41) is 4.43. The van der Waals surface area contributed by atoms with Gasteiger partial charge in [0.25, 0.3) is 0 Å². The molecule has 1 aliphatic carbocycles. The molecule has 1 saturated carbocycles. The van der Waals surface area contributed by atoms with Crippen LogP contribution in [0.5, 0.6) is 0 Å². The van der Waals surface area contributed by atoms with Gasteiger partial charge in [0.1, 0.15) is 7.05 Å². The number of hydrogen-bond acceptors (Lipinski definition) is 0. The molecular weight excluding hydrogens is 390 g/mol. The Kier molecular flexibility index (Phi) is 6.67. The van der Waals surface area contributed by atoms with E-state index in [2.05, 4.69) is 88.0 Å². The highest BCUT2D eigenvalue weighted by molar-refractivity contribution is 6.91. The topological polar surface area (TPSA) is 3.88 Å². The van der Waals surface area contributed by atoms with Crippen LogP contribution >= 0.6 is 0 Å². The molecule has 0 aliphatic heterocycles. The Balaban J connectivity index is 1.85. The number of aromatic nitrogens is 1. The summed E-state index contributed by atoms with van der Waals surface area (Å²) in [5.41, 5.74) is 5.71. The Morgan fingerprint density at radius 2 is 1.58 bits per heavy atom. The first-order valence-electron chi connectivity index (χ1n) is 12.6. The fourth-order valence-electron chi connectivity index (χ4n) is 5.98. The highest BCUT2D eigenvalue weighted by Gasteiger charge is 2.30. The predicted octanol–water partition coefficient (Wildman–Crippen LogP) is 7.40. The van der Waals surface area contributed by atoms with Gasteiger partial charge in [-0.1, -0.05) is 87.6 Å². The van der Waals surface area contributed by atoms with Crippen LogP contribution in [-0.2, 0) is 7.05 Å². The van der Waals surface area contributed by atoms with Gasteiger partial charge >= 0.3 is 0 Å². The van der Waals surface area contributed by atoms with E-state index in [9.17, 15) is 0 Å². The second-order valence-corrected chi connectivity index (χ2v) is 15.1. The summed E-state index contributed by atoms with van der Waals surface area (Å²) in [7, 11) is 0.837. The molecule has 0 radical (unpaired) electrons. The van der Waals surface area contributed by atoms with Crippen LogP contribution in [0.4, 0.5) is 0 Å². The Labute approximate surface area is 190 Å². The second kappa shape index (κ2) is 9.28. The molecule has 0 spiro atoms. The normalized spacial score (nSPS) is 15.5. The Bertz CT molecular complexity index is 1050. The van der Waals surface area contributed by atoms with Gasteiger partial charge in [0.15, 0.2) is 6.20 Å². The Hall–Kier alpha value is -1.93. The molecule has 4 rings (SSSR count). The van der Waals surface area contributed by atoms with Crippen LogP contribution in [0, 0.1) is 6.92 Å².